The Morgan fingerprint density at radius 3 is 2.90 bits per heavy atom. The van der Waals surface area contributed by atoms with Crippen molar-refractivity contribution in [1.29, 1.82) is 0 Å². The van der Waals surface area contributed by atoms with Crippen LogP contribution in [0.1, 0.15) is 37.8 Å². The summed E-state index contributed by atoms with van der Waals surface area (Å²) in [5.41, 5.74) is 0.830. The van der Waals surface area contributed by atoms with Gasteiger partial charge >= 0.3 is 0 Å². The van der Waals surface area contributed by atoms with Gasteiger partial charge in [-0.2, -0.15) is 5.10 Å². The number of nitrogens with one attached hydrogen (secondary N) is 4. The molecule has 0 radical (unpaired) electrons. The van der Waals surface area contributed by atoms with Crippen LogP contribution in [0.15, 0.2) is 23.5 Å². The van der Waals surface area contributed by atoms with Crippen LogP contribution in [0.2, 0.25) is 0 Å². The van der Waals surface area contributed by atoms with Crippen LogP contribution in [0.25, 0.3) is 0 Å². The number of aromatic nitrogens is 4. The van der Waals surface area contributed by atoms with E-state index in [-0.39, 0.29) is 4.90 Å². The van der Waals surface area contributed by atoms with Crippen LogP contribution < -0.4 is 10.0 Å². The predicted octanol–water partition coefficient (Wildman–Crippen LogP) is 0.672. The third-order valence-electron chi connectivity index (χ3n) is 2.94. The van der Waals surface area contributed by atoms with Gasteiger partial charge in [-0.25, -0.2) is 18.1 Å². The minimum atomic E-state index is -3.59. The Morgan fingerprint density at radius 1 is 1.43 bits per heavy atom. The van der Waals surface area contributed by atoms with Gasteiger partial charge in [0.2, 0.25) is 10.0 Å². The number of H-pyrrole nitrogens is 2. The standard InChI is InChI=1S/C12H20N6O2S/c1-3-4-13-6-10-5-11(7-14-10)21(19,20)18-9(2)12-15-8-16-17-12/h5,7-9,13-14,18H,3-4,6H2,1-2H3,(H,15,16,17). The summed E-state index contributed by atoms with van der Waals surface area (Å²) in [6.45, 7) is 5.28. The first-order valence-electron chi connectivity index (χ1n) is 6.78. The molecule has 1 unspecified atom stereocenters. The van der Waals surface area contributed by atoms with Crippen molar-refractivity contribution in [3.8, 4) is 0 Å². The Labute approximate surface area is 123 Å². The van der Waals surface area contributed by atoms with Gasteiger partial charge in [0.15, 0.2) is 0 Å². The van der Waals surface area contributed by atoms with E-state index in [2.05, 4.69) is 37.1 Å². The maximum Gasteiger partial charge on any atom is 0.242 e. The number of hydrogen-bond donors (Lipinski definition) is 4. The molecule has 2 rings (SSSR count). The van der Waals surface area contributed by atoms with E-state index in [1.54, 1.807) is 13.0 Å². The highest BCUT2D eigenvalue weighted by molar-refractivity contribution is 7.89. The second kappa shape index (κ2) is 6.83. The van der Waals surface area contributed by atoms with Crippen molar-refractivity contribution in [3.63, 3.8) is 0 Å². The van der Waals surface area contributed by atoms with Gasteiger partial charge in [0.25, 0.3) is 0 Å². The molecule has 0 bridgehead atoms. The molecule has 8 nitrogen and oxygen atoms in total. The zero-order chi connectivity index (χ0) is 15.3. The van der Waals surface area contributed by atoms with E-state index in [1.807, 2.05) is 0 Å². The Morgan fingerprint density at radius 2 is 2.24 bits per heavy atom. The summed E-state index contributed by atoms with van der Waals surface area (Å²) in [5.74, 6) is 0.471. The van der Waals surface area contributed by atoms with E-state index in [1.165, 1.54) is 12.5 Å². The second-order valence-corrected chi connectivity index (χ2v) is 6.47. The fourth-order valence-corrected chi connectivity index (χ4v) is 3.08. The molecule has 0 fully saturated rings. The SMILES string of the molecule is CCCNCc1cc(S(=O)(=O)NC(C)c2ncn[nH]2)c[nH]1. The van der Waals surface area contributed by atoms with E-state index < -0.39 is 16.1 Å². The maximum absolute atomic E-state index is 12.3. The molecule has 2 aromatic rings. The predicted molar refractivity (Wildman–Crippen MR) is 77.9 cm³/mol. The highest BCUT2D eigenvalue weighted by Crippen LogP contribution is 2.14. The maximum atomic E-state index is 12.3. The summed E-state index contributed by atoms with van der Waals surface area (Å²) in [4.78, 5) is 7.11. The van der Waals surface area contributed by atoms with Crippen LogP contribution >= 0.6 is 0 Å². The second-order valence-electron chi connectivity index (χ2n) is 4.75. The number of sulfonamides is 1. The lowest BCUT2D eigenvalue weighted by Crippen LogP contribution is -2.27. The van der Waals surface area contributed by atoms with E-state index >= 15 is 0 Å². The monoisotopic (exact) mass is 312 g/mol. The quantitative estimate of drug-likeness (QED) is 0.535. The Hall–Kier alpha value is -1.71. The zero-order valence-electron chi connectivity index (χ0n) is 12.0. The van der Waals surface area contributed by atoms with E-state index in [0.717, 1.165) is 18.7 Å². The Balaban J connectivity index is 2.02. The molecule has 0 saturated carbocycles. The first-order valence-corrected chi connectivity index (χ1v) is 8.27. The Bertz CT molecular complexity index is 649. The minimum Gasteiger partial charge on any atom is -0.363 e. The van der Waals surface area contributed by atoms with Crippen LogP contribution in [-0.4, -0.2) is 35.1 Å². The average Bonchev–Trinajstić information content (AvgIpc) is 3.10. The lowest BCUT2D eigenvalue weighted by molar-refractivity contribution is 0.560. The Kier molecular flexibility index (Phi) is 5.10. The molecule has 116 valence electrons. The van der Waals surface area contributed by atoms with E-state index in [9.17, 15) is 8.42 Å². The molecule has 0 aliphatic carbocycles. The average molecular weight is 312 g/mol. The molecule has 0 aliphatic rings. The molecule has 2 aromatic heterocycles. The first kappa shape index (κ1) is 15.7. The molecule has 2 heterocycles. The molecule has 21 heavy (non-hydrogen) atoms. The number of aromatic amines is 2. The van der Waals surface area contributed by atoms with Crippen molar-refractivity contribution in [2.24, 2.45) is 0 Å². The summed E-state index contributed by atoms with van der Waals surface area (Å²) < 4.78 is 27.1. The highest BCUT2D eigenvalue weighted by Gasteiger charge is 2.21. The summed E-state index contributed by atoms with van der Waals surface area (Å²) in [6, 6.07) is 1.15. The van der Waals surface area contributed by atoms with Crippen LogP contribution in [0.3, 0.4) is 0 Å². The normalized spacial score (nSPS) is 13.4. The summed E-state index contributed by atoms with van der Waals surface area (Å²) in [5, 5.41) is 9.56. The van der Waals surface area contributed by atoms with Gasteiger partial charge in [-0.1, -0.05) is 6.92 Å². The van der Waals surface area contributed by atoms with Crippen molar-refractivity contribution in [2.75, 3.05) is 6.54 Å². The molecule has 0 aromatic carbocycles. The van der Waals surface area contributed by atoms with Crippen molar-refractivity contribution >= 4 is 10.0 Å². The first-order chi connectivity index (χ1) is 10.0. The molecule has 0 amide bonds. The number of hydrogen-bond acceptors (Lipinski definition) is 5. The molecule has 0 spiro atoms. The third-order valence-corrected chi connectivity index (χ3v) is 4.46. The summed E-state index contributed by atoms with van der Waals surface area (Å²) in [7, 11) is -3.59. The lowest BCUT2D eigenvalue weighted by Gasteiger charge is -2.10. The van der Waals surface area contributed by atoms with Crippen molar-refractivity contribution < 1.29 is 8.42 Å². The fraction of sp³-hybridized carbons (Fsp3) is 0.500. The molecule has 4 N–H and O–H groups in total. The van der Waals surface area contributed by atoms with Crippen LogP contribution in [-0.2, 0) is 16.6 Å². The number of rotatable bonds is 8. The van der Waals surface area contributed by atoms with Crippen molar-refractivity contribution in [3.05, 3.63) is 30.1 Å². The minimum absolute atomic E-state index is 0.210. The smallest absolute Gasteiger partial charge is 0.242 e. The third kappa shape index (κ3) is 4.13. The molecular weight excluding hydrogens is 292 g/mol. The molecule has 1 atom stereocenters. The topological polar surface area (TPSA) is 116 Å². The van der Waals surface area contributed by atoms with Gasteiger partial charge in [-0.15, -0.1) is 0 Å². The molecule has 9 heteroatoms. The fourth-order valence-electron chi connectivity index (χ4n) is 1.86. The van der Waals surface area contributed by atoms with Crippen LogP contribution in [0.4, 0.5) is 0 Å². The zero-order valence-corrected chi connectivity index (χ0v) is 12.9. The van der Waals surface area contributed by atoms with Gasteiger partial charge in [-0.3, -0.25) is 5.10 Å². The highest BCUT2D eigenvalue weighted by atomic mass is 32.2. The van der Waals surface area contributed by atoms with Crippen LogP contribution in [0, 0.1) is 0 Å². The lowest BCUT2D eigenvalue weighted by atomic mass is 10.3. The number of nitrogens with zero attached hydrogens (tertiary/aromatic N) is 2. The molecular formula is C12H20N6O2S. The molecule has 0 aliphatic heterocycles. The molecule has 0 saturated heterocycles. The van der Waals surface area contributed by atoms with Crippen molar-refractivity contribution in [2.45, 2.75) is 37.8 Å². The van der Waals surface area contributed by atoms with E-state index in [4.69, 9.17) is 0 Å². The summed E-state index contributed by atoms with van der Waals surface area (Å²) in [6.07, 6.45) is 3.86. The van der Waals surface area contributed by atoms with Crippen molar-refractivity contribution in [1.82, 2.24) is 30.2 Å². The van der Waals surface area contributed by atoms with Gasteiger partial charge in [0, 0.05) is 18.4 Å². The van der Waals surface area contributed by atoms with Gasteiger partial charge in [0.05, 0.1) is 10.9 Å². The van der Waals surface area contributed by atoms with Gasteiger partial charge in [0.1, 0.15) is 12.2 Å². The summed E-state index contributed by atoms with van der Waals surface area (Å²) >= 11 is 0. The van der Waals surface area contributed by atoms with Gasteiger partial charge in [-0.05, 0) is 26.0 Å². The van der Waals surface area contributed by atoms with Gasteiger partial charge < -0.3 is 10.3 Å². The largest absolute Gasteiger partial charge is 0.363 e. The van der Waals surface area contributed by atoms with E-state index in [0.29, 0.717) is 12.4 Å². The van der Waals surface area contributed by atoms with Crippen LogP contribution in [0.5, 0.6) is 0 Å².